The van der Waals surface area contributed by atoms with Crippen molar-refractivity contribution in [3.05, 3.63) is 100 Å². The van der Waals surface area contributed by atoms with E-state index >= 15 is 0 Å². The van der Waals surface area contributed by atoms with Gasteiger partial charge in [-0.1, -0.05) is 48.0 Å². The second-order valence-electron chi connectivity index (χ2n) is 9.23. The van der Waals surface area contributed by atoms with Crippen LogP contribution < -0.4 is 14.8 Å². The molecule has 5 rings (SSSR count). The Morgan fingerprint density at radius 2 is 1.65 bits per heavy atom. The van der Waals surface area contributed by atoms with Crippen LogP contribution in [-0.2, 0) is 12.8 Å². The molecule has 2 heterocycles. The highest BCUT2D eigenvalue weighted by Crippen LogP contribution is 2.33. The van der Waals surface area contributed by atoms with E-state index < -0.39 is 0 Å². The van der Waals surface area contributed by atoms with Gasteiger partial charge in [0.1, 0.15) is 11.9 Å². The van der Waals surface area contributed by atoms with Crippen molar-refractivity contribution < 1.29 is 9.47 Å². The normalized spacial score (nSPS) is 11.0. The van der Waals surface area contributed by atoms with Gasteiger partial charge in [-0.2, -0.15) is 5.26 Å². The molecule has 0 atom stereocenters. The van der Waals surface area contributed by atoms with Crippen LogP contribution in [0.2, 0.25) is 0 Å². The Morgan fingerprint density at radius 1 is 0.919 bits per heavy atom. The zero-order valence-electron chi connectivity index (χ0n) is 21.6. The highest BCUT2D eigenvalue weighted by Gasteiger charge is 2.21. The summed E-state index contributed by atoms with van der Waals surface area (Å²) in [6.07, 6.45) is 1.50. The maximum Gasteiger partial charge on any atom is 0.160 e. The van der Waals surface area contributed by atoms with Crippen molar-refractivity contribution in [1.82, 2.24) is 9.38 Å². The molecule has 0 aliphatic heterocycles. The van der Waals surface area contributed by atoms with Crippen molar-refractivity contribution in [1.29, 1.82) is 5.26 Å². The van der Waals surface area contributed by atoms with Crippen LogP contribution in [0.15, 0.2) is 66.7 Å². The van der Waals surface area contributed by atoms with Gasteiger partial charge in [-0.05, 0) is 61.2 Å². The summed E-state index contributed by atoms with van der Waals surface area (Å²) in [7, 11) is 3.29. The third-order valence-electron chi connectivity index (χ3n) is 6.89. The largest absolute Gasteiger partial charge is 0.493 e. The molecule has 5 aromatic rings. The minimum atomic E-state index is 0.615. The first-order valence-electron chi connectivity index (χ1n) is 12.4. The van der Waals surface area contributed by atoms with E-state index in [0.717, 1.165) is 45.7 Å². The number of aryl methyl sites for hydroxylation is 1. The van der Waals surface area contributed by atoms with Gasteiger partial charge in [-0.3, -0.25) is 4.40 Å². The van der Waals surface area contributed by atoms with E-state index in [-0.39, 0.29) is 0 Å². The van der Waals surface area contributed by atoms with Crippen molar-refractivity contribution in [2.24, 2.45) is 0 Å². The smallest absolute Gasteiger partial charge is 0.160 e. The molecule has 0 saturated carbocycles. The predicted molar refractivity (Wildman–Crippen MR) is 148 cm³/mol. The molecule has 6 heteroatoms. The first kappa shape index (κ1) is 24.2. The average molecular weight is 491 g/mol. The Kier molecular flexibility index (Phi) is 6.70. The molecule has 0 fully saturated rings. The summed E-state index contributed by atoms with van der Waals surface area (Å²) in [5, 5.41) is 13.8. The van der Waals surface area contributed by atoms with Crippen LogP contribution in [0.25, 0.3) is 16.7 Å². The van der Waals surface area contributed by atoms with Gasteiger partial charge in [0.15, 0.2) is 17.1 Å². The number of benzene rings is 3. The Labute approximate surface area is 217 Å². The lowest BCUT2D eigenvalue weighted by Gasteiger charge is -2.19. The Bertz CT molecular complexity index is 1630. The summed E-state index contributed by atoms with van der Waals surface area (Å²) in [6, 6.07) is 25.0. The molecule has 2 aromatic heterocycles. The Hall–Kier alpha value is -4.50. The molecule has 0 amide bonds. The molecule has 6 nitrogen and oxygen atoms in total. The van der Waals surface area contributed by atoms with Crippen LogP contribution in [0, 0.1) is 25.2 Å². The van der Waals surface area contributed by atoms with E-state index in [1.165, 1.54) is 11.1 Å². The summed E-state index contributed by atoms with van der Waals surface area (Å²) in [6.45, 7) is 4.82. The number of nitriles is 1. The topological polar surface area (TPSA) is 71.6 Å². The van der Waals surface area contributed by atoms with E-state index in [0.29, 0.717) is 29.9 Å². The number of rotatable bonds is 8. The number of imidazole rings is 1. The monoisotopic (exact) mass is 490 g/mol. The highest BCUT2D eigenvalue weighted by molar-refractivity contribution is 5.86. The van der Waals surface area contributed by atoms with Gasteiger partial charge in [0.05, 0.1) is 30.8 Å². The summed E-state index contributed by atoms with van der Waals surface area (Å²) < 4.78 is 13.0. The molecule has 0 radical (unpaired) electrons. The number of nitrogens with one attached hydrogen (secondary N) is 1. The van der Waals surface area contributed by atoms with Crippen molar-refractivity contribution >= 4 is 22.5 Å². The fraction of sp³-hybridized carbons (Fsp3) is 0.226. The fourth-order valence-electron chi connectivity index (χ4n) is 4.86. The quantitative estimate of drug-likeness (QED) is 0.279. The molecule has 3 aromatic carbocycles. The van der Waals surface area contributed by atoms with Crippen LogP contribution >= 0.6 is 0 Å². The molecule has 0 aliphatic carbocycles. The average Bonchev–Trinajstić information content (AvgIpc) is 3.30. The number of fused-ring (bicyclic) bond motifs is 3. The number of hydrogen-bond donors (Lipinski definition) is 1. The van der Waals surface area contributed by atoms with Gasteiger partial charge in [0, 0.05) is 18.5 Å². The summed E-state index contributed by atoms with van der Waals surface area (Å²) in [5.41, 5.74) is 8.77. The maximum absolute atomic E-state index is 10.1. The summed E-state index contributed by atoms with van der Waals surface area (Å²) in [4.78, 5) is 4.85. The van der Waals surface area contributed by atoms with E-state index in [1.807, 2.05) is 37.3 Å². The second-order valence-corrected chi connectivity index (χ2v) is 9.23. The maximum atomic E-state index is 10.1. The SMILES string of the molecule is COc1ccc(CCNc2c(Cc3ccc(C)cc3)c(C)c(C#N)c3nc4ccccc4n23)cc1OC. The van der Waals surface area contributed by atoms with Gasteiger partial charge in [-0.25, -0.2) is 4.98 Å². The fourth-order valence-corrected chi connectivity index (χ4v) is 4.86. The lowest BCUT2D eigenvalue weighted by atomic mass is 9.97. The van der Waals surface area contributed by atoms with E-state index in [4.69, 9.17) is 14.5 Å². The third-order valence-corrected chi connectivity index (χ3v) is 6.89. The van der Waals surface area contributed by atoms with Crippen LogP contribution in [0.4, 0.5) is 5.82 Å². The van der Waals surface area contributed by atoms with Crippen LogP contribution in [0.3, 0.4) is 0 Å². The van der Waals surface area contributed by atoms with E-state index in [1.54, 1.807) is 14.2 Å². The van der Waals surface area contributed by atoms with Crippen molar-refractivity contribution in [3.8, 4) is 17.6 Å². The standard InChI is InChI=1S/C31H30N4O2/c1-20-9-11-22(12-10-20)17-24-21(2)25(19-32)31-34-26-7-5-6-8-27(26)35(31)30(24)33-16-15-23-13-14-28(36-3)29(18-23)37-4/h5-14,18,33H,15-17H2,1-4H3. The van der Waals surface area contributed by atoms with Gasteiger partial charge >= 0.3 is 0 Å². The number of ether oxygens (including phenoxy) is 2. The zero-order valence-corrected chi connectivity index (χ0v) is 21.6. The molecule has 1 N–H and O–H groups in total. The highest BCUT2D eigenvalue weighted by atomic mass is 16.5. The molecule has 186 valence electrons. The predicted octanol–water partition coefficient (Wildman–Crippen LogP) is 6.24. The number of anilines is 1. The van der Waals surface area contributed by atoms with Crippen LogP contribution in [-0.4, -0.2) is 30.1 Å². The van der Waals surface area contributed by atoms with Crippen molar-refractivity contribution in [2.45, 2.75) is 26.7 Å². The van der Waals surface area contributed by atoms with Gasteiger partial charge in [0.25, 0.3) is 0 Å². The second kappa shape index (κ2) is 10.2. The van der Waals surface area contributed by atoms with Crippen LogP contribution in [0.1, 0.15) is 33.4 Å². The molecule has 0 spiro atoms. The molecule has 0 saturated heterocycles. The number of methoxy groups -OCH3 is 2. The van der Waals surface area contributed by atoms with Crippen LogP contribution in [0.5, 0.6) is 11.5 Å². The van der Waals surface area contributed by atoms with E-state index in [9.17, 15) is 5.26 Å². The van der Waals surface area contributed by atoms with Crippen molar-refractivity contribution in [2.75, 3.05) is 26.1 Å². The minimum Gasteiger partial charge on any atom is -0.493 e. The molecule has 37 heavy (non-hydrogen) atoms. The lowest BCUT2D eigenvalue weighted by Crippen LogP contribution is -2.14. The van der Waals surface area contributed by atoms with Gasteiger partial charge in [0.2, 0.25) is 0 Å². The summed E-state index contributed by atoms with van der Waals surface area (Å²) >= 11 is 0. The molecular weight excluding hydrogens is 460 g/mol. The Morgan fingerprint density at radius 3 is 2.38 bits per heavy atom. The number of aromatic nitrogens is 2. The summed E-state index contributed by atoms with van der Waals surface area (Å²) in [5.74, 6) is 2.41. The minimum absolute atomic E-state index is 0.615. The molecule has 0 aliphatic rings. The number of pyridine rings is 1. The Balaban J connectivity index is 1.60. The first-order valence-corrected chi connectivity index (χ1v) is 12.4. The molecule has 0 unspecified atom stereocenters. The number of para-hydroxylation sites is 2. The van der Waals surface area contributed by atoms with Gasteiger partial charge in [-0.15, -0.1) is 0 Å². The lowest BCUT2D eigenvalue weighted by molar-refractivity contribution is 0.354. The van der Waals surface area contributed by atoms with Crippen molar-refractivity contribution in [3.63, 3.8) is 0 Å². The molecular formula is C31H30N4O2. The third kappa shape index (κ3) is 4.56. The number of nitrogens with zero attached hydrogens (tertiary/aromatic N) is 3. The zero-order chi connectivity index (χ0) is 25.9. The van der Waals surface area contributed by atoms with Gasteiger partial charge < -0.3 is 14.8 Å². The number of hydrogen-bond acceptors (Lipinski definition) is 5. The molecule has 0 bridgehead atoms. The first-order chi connectivity index (χ1) is 18.0. The van der Waals surface area contributed by atoms with E-state index in [2.05, 4.69) is 59.1 Å².